The lowest BCUT2D eigenvalue weighted by Gasteiger charge is -2.13. The molecule has 4 aromatic rings. The molecule has 0 aliphatic rings. The van der Waals surface area contributed by atoms with Crippen LogP contribution < -0.4 is 11.1 Å². The standard InChI is InChI=1S/C20H21N7O2/c1-11-8-23-15-6-5-13(10-27(11)15)16-17(14-4-3-7-22-14)26-19(21)18(25-16)20(29)24-9-12(2)28/h3-8,10,12,22,28H,9H2,1-2H3,(H2,21,26)(H,24,29)/t12-/m0/s1. The number of carbonyl (C=O) groups is 1. The largest absolute Gasteiger partial charge is 0.392 e. The molecule has 0 radical (unpaired) electrons. The van der Waals surface area contributed by atoms with Crippen LogP contribution in [-0.4, -0.2) is 48.0 Å². The van der Waals surface area contributed by atoms with Crippen molar-refractivity contribution >= 4 is 17.4 Å². The fourth-order valence-corrected chi connectivity index (χ4v) is 3.05. The van der Waals surface area contributed by atoms with Crippen LogP contribution in [0.2, 0.25) is 0 Å². The molecule has 0 fully saturated rings. The molecule has 0 saturated carbocycles. The van der Waals surface area contributed by atoms with E-state index in [0.717, 1.165) is 22.6 Å². The molecule has 1 amide bonds. The number of aliphatic hydroxyl groups excluding tert-OH is 1. The quantitative estimate of drug-likeness (QED) is 0.410. The minimum absolute atomic E-state index is 0.0124. The van der Waals surface area contributed by atoms with E-state index in [1.165, 1.54) is 0 Å². The zero-order chi connectivity index (χ0) is 20.5. The third kappa shape index (κ3) is 3.55. The number of carbonyl (C=O) groups excluding carboxylic acids is 1. The van der Waals surface area contributed by atoms with Crippen molar-refractivity contribution in [1.82, 2.24) is 29.7 Å². The van der Waals surface area contributed by atoms with Gasteiger partial charge in [-0.05, 0) is 38.1 Å². The summed E-state index contributed by atoms with van der Waals surface area (Å²) in [7, 11) is 0. The van der Waals surface area contributed by atoms with E-state index in [0.29, 0.717) is 11.4 Å². The number of nitrogens with two attached hydrogens (primary N) is 1. The second-order valence-electron chi connectivity index (χ2n) is 6.84. The molecule has 4 rings (SSSR count). The van der Waals surface area contributed by atoms with Crippen LogP contribution >= 0.6 is 0 Å². The lowest BCUT2D eigenvalue weighted by atomic mass is 10.1. The number of rotatable bonds is 5. The van der Waals surface area contributed by atoms with Crippen LogP contribution in [0.4, 0.5) is 5.82 Å². The summed E-state index contributed by atoms with van der Waals surface area (Å²) < 4.78 is 1.94. The monoisotopic (exact) mass is 391 g/mol. The van der Waals surface area contributed by atoms with Gasteiger partial charge >= 0.3 is 0 Å². The lowest BCUT2D eigenvalue weighted by molar-refractivity contribution is 0.0920. The molecule has 29 heavy (non-hydrogen) atoms. The summed E-state index contributed by atoms with van der Waals surface area (Å²) in [4.78, 5) is 29.0. The zero-order valence-corrected chi connectivity index (χ0v) is 16.0. The molecule has 9 heteroatoms. The van der Waals surface area contributed by atoms with E-state index in [2.05, 4.69) is 25.3 Å². The first-order valence-corrected chi connectivity index (χ1v) is 9.15. The van der Waals surface area contributed by atoms with Gasteiger partial charge in [-0.3, -0.25) is 4.79 Å². The fourth-order valence-electron chi connectivity index (χ4n) is 3.05. The Kier molecular flexibility index (Phi) is 4.73. The number of anilines is 1. The number of aliphatic hydroxyl groups is 1. The second-order valence-corrected chi connectivity index (χ2v) is 6.84. The summed E-state index contributed by atoms with van der Waals surface area (Å²) in [5, 5.41) is 12.0. The lowest BCUT2D eigenvalue weighted by Crippen LogP contribution is -2.32. The number of aryl methyl sites for hydroxylation is 1. The summed E-state index contributed by atoms with van der Waals surface area (Å²) in [5.74, 6) is -0.476. The minimum atomic E-state index is -0.683. The van der Waals surface area contributed by atoms with E-state index >= 15 is 0 Å². The molecule has 4 heterocycles. The van der Waals surface area contributed by atoms with Crippen LogP contribution in [0.1, 0.15) is 23.1 Å². The first kappa shape index (κ1) is 18.6. The summed E-state index contributed by atoms with van der Waals surface area (Å²) in [5.41, 5.74) is 10.4. The van der Waals surface area contributed by atoms with E-state index in [4.69, 9.17) is 5.73 Å². The number of nitrogens with one attached hydrogen (secondary N) is 2. The Labute approximate surface area is 166 Å². The van der Waals surface area contributed by atoms with E-state index in [1.807, 2.05) is 41.8 Å². The maximum atomic E-state index is 12.5. The van der Waals surface area contributed by atoms with Crippen molar-refractivity contribution in [2.24, 2.45) is 0 Å². The van der Waals surface area contributed by atoms with Gasteiger partial charge in [0.15, 0.2) is 11.5 Å². The molecule has 4 aromatic heterocycles. The van der Waals surface area contributed by atoms with Gasteiger partial charge in [0.05, 0.1) is 11.8 Å². The van der Waals surface area contributed by atoms with Crippen molar-refractivity contribution in [1.29, 1.82) is 0 Å². The number of fused-ring (bicyclic) bond motifs is 1. The van der Waals surface area contributed by atoms with Crippen LogP contribution in [-0.2, 0) is 0 Å². The van der Waals surface area contributed by atoms with Crippen LogP contribution in [0.5, 0.6) is 0 Å². The molecule has 0 aliphatic carbocycles. The Morgan fingerprint density at radius 2 is 2.14 bits per heavy atom. The van der Waals surface area contributed by atoms with Crippen molar-refractivity contribution in [2.75, 3.05) is 12.3 Å². The van der Waals surface area contributed by atoms with Gasteiger partial charge in [0.25, 0.3) is 5.91 Å². The van der Waals surface area contributed by atoms with Crippen molar-refractivity contribution in [3.05, 3.63) is 54.2 Å². The number of aromatic amines is 1. The fraction of sp³-hybridized carbons (Fsp3) is 0.200. The smallest absolute Gasteiger partial charge is 0.273 e. The molecule has 0 aromatic carbocycles. The third-order valence-electron chi connectivity index (χ3n) is 4.51. The van der Waals surface area contributed by atoms with E-state index in [9.17, 15) is 9.90 Å². The highest BCUT2D eigenvalue weighted by molar-refractivity contribution is 5.97. The predicted octanol–water partition coefficient (Wildman–Crippen LogP) is 1.79. The highest BCUT2D eigenvalue weighted by Crippen LogP contribution is 2.30. The van der Waals surface area contributed by atoms with Crippen molar-refractivity contribution in [2.45, 2.75) is 20.0 Å². The molecule has 0 bridgehead atoms. The van der Waals surface area contributed by atoms with Gasteiger partial charge in [-0.15, -0.1) is 0 Å². The van der Waals surface area contributed by atoms with E-state index in [-0.39, 0.29) is 18.1 Å². The molecular formula is C20H21N7O2. The average Bonchev–Trinajstić information content (AvgIpc) is 3.36. The van der Waals surface area contributed by atoms with E-state index < -0.39 is 12.0 Å². The molecule has 148 valence electrons. The Bertz CT molecular complexity index is 1180. The Morgan fingerprint density at radius 3 is 2.86 bits per heavy atom. The Morgan fingerprint density at radius 1 is 1.31 bits per heavy atom. The number of H-pyrrole nitrogens is 1. The molecule has 9 nitrogen and oxygen atoms in total. The summed E-state index contributed by atoms with van der Waals surface area (Å²) in [6, 6.07) is 7.47. The Balaban J connectivity index is 1.87. The maximum Gasteiger partial charge on any atom is 0.273 e. The number of imidazole rings is 1. The zero-order valence-electron chi connectivity index (χ0n) is 16.0. The number of pyridine rings is 1. The SMILES string of the molecule is Cc1cnc2ccc(-c3nc(C(=O)NC[C@H](C)O)c(N)nc3-c3ccc[nH]3)cn12. The minimum Gasteiger partial charge on any atom is -0.392 e. The third-order valence-corrected chi connectivity index (χ3v) is 4.51. The van der Waals surface area contributed by atoms with Crippen LogP contribution in [0.25, 0.3) is 28.3 Å². The van der Waals surface area contributed by atoms with Gasteiger partial charge in [0, 0.05) is 36.4 Å². The highest BCUT2D eigenvalue weighted by Gasteiger charge is 2.21. The topological polar surface area (TPSA) is 134 Å². The van der Waals surface area contributed by atoms with Gasteiger partial charge in [-0.2, -0.15) is 0 Å². The number of nitrogen functional groups attached to an aromatic ring is 1. The number of nitrogens with zero attached hydrogens (tertiary/aromatic N) is 4. The summed E-state index contributed by atoms with van der Waals surface area (Å²) in [6.07, 6.45) is 4.79. The van der Waals surface area contributed by atoms with Gasteiger partial charge in [-0.25, -0.2) is 15.0 Å². The van der Waals surface area contributed by atoms with Crippen molar-refractivity contribution in [3.63, 3.8) is 0 Å². The maximum absolute atomic E-state index is 12.5. The first-order chi connectivity index (χ1) is 13.9. The van der Waals surface area contributed by atoms with Crippen molar-refractivity contribution in [3.8, 4) is 22.6 Å². The number of amides is 1. The number of hydrogen-bond donors (Lipinski definition) is 4. The molecule has 0 aliphatic heterocycles. The molecule has 0 saturated heterocycles. The van der Waals surface area contributed by atoms with Crippen LogP contribution in [0, 0.1) is 6.92 Å². The number of aromatic nitrogens is 5. The molecular weight excluding hydrogens is 370 g/mol. The van der Waals surface area contributed by atoms with Gasteiger partial charge in [0.1, 0.15) is 17.0 Å². The predicted molar refractivity (Wildman–Crippen MR) is 109 cm³/mol. The van der Waals surface area contributed by atoms with Crippen LogP contribution in [0.3, 0.4) is 0 Å². The number of hydrogen-bond acceptors (Lipinski definition) is 6. The van der Waals surface area contributed by atoms with Crippen LogP contribution in [0.15, 0.2) is 42.9 Å². The van der Waals surface area contributed by atoms with Gasteiger partial charge in [0.2, 0.25) is 0 Å². The first-order valence-electron chi connectivity index (χ1n) is 9.15. The highest BCUT2D eigenvalue weighted by atomic mass is 16.3. The molecule has 0 unspecified atom stereocenters. The second kappa shape index (κ2) is 7.36. The normalized spacial score (nSPS) is 12.2. The summed E-state index contributed by atoms with van der Waals surface area (Å²) >= 11 is 0. The molecule has 1 atom stereocenters. The average molecular weight is 391 g/mol. The van der Waals surface area contributed by atoms with Gasteiger partial charge < -0.3 is 25.5 Å². The molecule has 0 spiro atoms. The van der Waals surface area contributed by atoms with Gasteiger partial charge in [-0.1, -0.05) is 0 Å². The van der Waals surface area contributed by atoms with E-state index in [1.54, 1.807) is 19.3 Å². The summed E-state index contributed by atoms with van der Waals surface area (Å²) in [6.45, 7) is 3.63. The van der Waals surface area contributed by atoms with Crippen molar-refractivity contribution < 1.29 is 9.90 Å². The Hall–Kier alpha value is -3.72. The molecule has 5 N–H and O–H groups in total.